The maximum Gasteiger partial charge on any atom is 0.258 e. The van der Waals surface area contributed by atoms with Gasteiger partial charge in [0, 0.05) is 49.7 Å². The molecule has 1 fully saturated rings. The third kappa shape index (κ3) is 6.20. The minimum absolute atomic E-state index is 0.0275. The first-order valence-corrected chi connectivity index (χ1v) is 13.1. The van der Waals surface area contributed by atoms with Crippen molar-refractivity contribution in [2.75, 3.05) is 40.0 Å². The molecular weight excluding hydrogens is 456 g/mol. The van der Waals surface area contributed by atoms with Crippen LogP contribution in [0, 0.1) is 0 Å². The molecule has 1 aliphatic carbocycles. The van der Waals surface area contributed by atoms with E-state index in [0.29, 0.717) is 24.9 Å². The third-order valence-corrected chi connectivity index (χ3v) is 7.21. The Balaban J connectivity index is 1.06. The van der Waals surface area contributed by atoms with E-state index in [1.807, 2.05) is 42.5 Å². The van der Waals surface area contributed by atoms with Crippen molar-refractivity contribution in [3.63, 3.8) is 0 Å². The number of benzene rings is 2. The van der Waals surface area contributed by atoms with E-state index in [1.165, 1.54) is 18.4 Å². The summed E-state index contributed by atoms with van der Waals surface area (Å²) in [6.45, 7) is 3.58. The SMILES string of the molecule is CN(CCOc1cccc(CNC(=O)COc2ccc3oc4c(c3c2)CCCC4)c1)C1CCOCC1. The molecule has 7 nitrogen and oxygen atoms in total. The second kappa shape index (κ2) is 11.8. The molecule has 36 heavy (non-hydrogen) atoms. The highest BCUT2D eigenvalue weighted by Gasteiger charge is 2.19. The lowest BCUT2D eigenvalue weighted by Crippen LogP contribution is -2.38. The van der Waals surface area contributed by atoms with Gasteiger partial charge in [0.25, 0.3) is 5.91 Å². The van der Waals surface area contributed by atoms with E-state index < -0.39 is 0 Å². The smallest absolute Gasteiger partial charge is 0.258 e. The zero-order valence-corrected chi connectivity index (χ0v) is 21.1. The molecule has 0 radical (unpaired) electrons. The summed E-state index contributed by atoms with van der Waals surface area (Å²) in [6, 6.07) is 14.2. The predicted molar refractivity (Wildman–Crippen MR) is 139 cm³/mol. The normalized spacial score (nSPS) is 16.2. The molecule has 1 saturated heterocycles. The first-order chi connectivity index (χ1) is 17.7. The van der Waals surface area contributed by atoms with Crippen molar-refractivity contribution in [3.8, 4) is 11.5 Å². The molecule has 7 heteroatoms. The molecule has 0 saturated carbocycles. The highest BCUT2D eigenvalue weighted by Crippen LogP contribution is 2.33. The quantitative estimate of drug-likeness (QED) is 0.449. The van der Waals surface area contributed by atoms with Crippen molar-refractivity contribution in [2.45, 2.75) is 51.1 Å². The largest absolute Gasteiger partial charge is 0.492 e. The molecule has 2 heterocycles. The fraction of sp³-hybridized carbons (Fsp3) is 0.483. The fourth-order valence-electron chi connectivity index (χ4n) is 5.09. The number of aryl methyl sites for hydroxylation is 2. The molecule has 1 aromatic heterocycles. The summed E-state index contributed by atoms with van der Waals surface area (Å²) in [7, 11) is 2.15. The molecule has 2 aliphatic rings. The number of ether oxygens (including phenoxy) is 3. The van der Waals surface area contributed by atoms with Gasteiger partial charge in [0.15, 0.2) is 6.61 Å². The highest BCUT2D eigenvalue weighted by molar-refractivity contribution is 5.84. The van der Waals surface area contributed by atoms with Crippen LogP contribution in [-0.4, -0.2) is 56.9 Å². The molecule has 1 N–H and O–H groups in total. The van der Waals surface area contributed by atoms with Crippen LogP contribution in [0.2, 0.25) is 0 Å². The summed E-state index contributed by atoms with van der Waals surface area (Å²) < 4.78 is 23.2. The molecule has 3 aromatic rings. The number of hydrogen-bond acceptors (Lipinski definition) is 6. The van der Waals surface area contributed by atoms with Crippen molar-refractivity contribution in [2.24, 2.45) is 0 Å². The topological polar surface area (TPSA) is 73.2 Å². The van der Waals surface area contributed by atoms with E-state index in [0.717, 1.165) is 73.5 Å². The lowest BCUT2D eigenvalue weighted by Gasteiger charge is -2.31. The number of carbonyl (C=O) groups is 1. The monoisotopic (exact) mass is 492 g/mol. The van der Waals surface area contributed by atoms with Gasteiger partial charge >= 0.3 is 0 Å². The zero-order valence-electron chi connectivity index (χ0n) is 21.1. The van der Waals surface area contributed by atoms with E-state index in [1.54, 1.807) is 0 Å². The second-order valence-corrected chi connectivity index (χ2v) is 9.75. The van der Waals surface area contributed by atoms with Crippen LogP contribution in [0.5, 0.6) is 11.5 Å². The van der Waals surface area contributed by atoms with Gasteiger partial charge in [-0.15, -0.1) is 0 Å². The lowest BCUT2D eigenvalue weighted by molar-refractivity contribution is -0.123. The van der Waals surface area contributed by atoms with E-state index >= 15 is 0 Å². The first kappa shape index (κ1) is 24.7. The second-order valence-electron chi connectivity index (χ2n) is 9.75. The van der Waals surface area contributed by atoms with Gasteiger partial charge in [-0.1, -0.05) is 12.1 Å². The van der Waals surface area contributed by atoms with Crippen LogP contribution < -0.4 is 14.8 Å². The zero-order chi connectivity index (χ0) is 24.7. The third-order valence-electron chi connectivity index (χ3n) is 7.21. The molecule has 0 spiro atoms. The number of likely N-dealkylation sites (N-methyl/N-ethyl adjacent to an activating group) is 1. The van der Waals surface area contributed by atoms with Gasteiger partial charge in [-0.05, 0) is 75.0 Å². The molecule has 1 amide bonds. The summed E-state index contributed by atoms with van der Waals surface area (Å²) in [6.07, 6.45) is 6.57. The summed E-state index contributed by atoms with van der Waals surface area (Å²) in [5.41, 5.74) is 3.18. The Morgan fingerprint density at radius 3 is 2.78 bits per heavy atom. The Bertz CT molecular complexity index is 1170. The van der Waals surface area contributed by atoms with Crippen molar-refractivity contribution in [3.05, 3.63) is 59.4 Å². The summed E-state index contributed by atoms with van der Waals surface area (Å²) >= 11 is 0. The number of hydrogen-bond donors (Lipinski definition) is 1. The molecule has 5 rings (SSSR count). The van der Waals surface area contributed by atoms with Gasteiger partial charge in [0.2, 0.25) is 0 Å². The standard InChI is InChI=1S/C29H36N2O5/c1-31(22-11-14-33-15-12-22)13-16-34-23-6-4-5-21(17-23)19-30-29(32)20-35-24-9-10-28-26(18-24)25-7-2-3-8-27(25)36-28/h4-6,9-10,17-18,22H,2-3,7-8,11-16,19-20H2,1H3,(H,30,32). The lowest BCUT2D eigenvalue weighted by atomic mass is 9.96. The summed E-state index contributed by atoms with van der Waals surface area (Å²) in [4.78, 5) is 14.8. The number of fused-ring (bicyclic) bond motifs is 3. The van der Waals surface area contributed by atoms with Crippen LogP contribution in [0.25, 0.3) is 11.0 Å². The number of carbonyl (C=O) groups excluding carboxylic acids is 1. The van der Waals surface area contributed by atoms with E-state index in [2.05, 4.69) is 17.3 Å². The molecule has 2 aromatic carbocycles. The van der Waals surface area contributed by atoms with Crippen molar-refractivity contribution in [1.82, 2.24) is 10.2 Å². The minimum Gasteiger partial charge on any atom is -0.492 e. The Morgan fingerprint density at radius 2 is 1.89 bits per heavy atom. The van der Waals surface area contributed by atoms with Crippen LogP contribution >= 0.6 is 0 Å². The molecular formula is C29H36N2O5. The molecule has 0 bridgehead atoms. The van der Waals surface area contributed by atoms with Gasteiger partial charge in [0.05, 0.1) is 0 Å². The maximum absolute atomic E-state index is 12.4. The predicted octanol–water partition coefficient (Wildman–Crippen LogP) is 4.50. The number of nitrogens with zero attached hydrogens (tertiary/aromatic N) is 1. The van der Waals surface area contributed by atoms with E-state index in [9.17, 15) is 4.79 Å². The van der Waals surface area contributed by atoms with Gasteiger partial charge in [-0.2, -0.15) is 0 Å². The van der Waals surface area contributed by atoms with Crippen molar-refractivity contribution in [1.29, 1.82) is 0 Å². The summed E-state index contributed by atoms with van der Waals surface area (Å²) in [5, 5.41) is 4.05. The average molecular weight is 493 g/mol. The van der Waals surface area contributed by atoms with Gasteiger partial charge in [0.1, 0.15) is 29.4 Å². The Morgan fingerprint density at radius 1 is 1.06 bits per heavy atom. The van der Waals surface area contributed by atoms with Crippen molar-refractivity contribution < 1.29 is 23.4 Å². The van der Waals surface area contributed by atoms with Gasteiger partial charge < -0.3 is 23.9 Å². The molecule has 192 valence electrons. The van der Waals surface area contributed by atoms with E-state index in [4.69, 9.17) is 18.6 Å². The maximum atomic E-state index is 12.4. The van der Waals surface area contributed by atoms with Crippen LogP contribution in [0.3, 0.4) is 0 Å². The molecule has 0 atom stereocenters. The Kier molecular flexibility index (Phi) is 8.08. The number of nitrogens with one attached hydrogen (secondary N) is 1. The van der Waals surface area contributed by atoms with Crippen molar-refractivity contribution >= 4 is 16.9 Å². The molecule has 0 unspecified atom stereocenters. The van der Waals surface area contributed by atoms with Gasteiger partial charge in [-0.3, -0.25) is 9.69 Å². The minimum atomic E-state index is -0.159. The van der Waals surface area contributed by atoms with Crippen LogP contribution in [0.1, 0.15) is 42.6 Å². The average Bonchev–Trinajstić information content (AvgIpc) is 3.29. The number of rotatable bonds is 10. The van der Waals surface area contributed by atoms with Gasteiger partial charge in [-0.25, -0.2) is 0 Å². The fourth-order valence-corrected chi connectivity index (χ4v) is 5.09. The van der Waals surface area contributed by atoms with Crippen LogP contribution in [0.4, 0.5) is 0 Å². The van der Waals surface area contributed by atoms with Crippen LogP contribution in [0.15, 0.2) is 46.9 Å². The number of amides is 1. The van der Waals surface area contributed by atoms with E-state index in [-0.39, 0.29) is 12.5 Å². The van der Waals surface area contributed by atoms with Crippen LogP contribution in [-0.2, 0) is 28.9 Å². The Labute approximate surface area is 212 Å². The highest BCUT2D eigenvalue weighted by atomic mass is 16.5. The number of furan rings is 1. The Hall–Kier alpha value is -3.03. The first-order valence-electron chi connectivity index (χ1n) is 13.1. The summed E-state index contributed by atoms with van der Waals surface area (Å²) in [5.74, 6) is 2.44. The molecule has 1 aliphatic heterocycles.